The first-order valence-electron chi connectivity index (χ1n) is 25.6. The number of hydrogen-bond donors (Lipinski definition) is 0. The highest BCUT2D eigenvalue weighted by molar-refractivity contribution is 6.76. The van der Waals surface area contributed by atoms with Crippen LogP contribution in [0.5, 0.6) is 0 Å². The maximum Gasteiger partial charge on any atom is 0.306 e. The van der Waals surface area contributed by atoms with Gasteiger partial charge in [-0.2, -0.15) is 0 Å². The minimum Gasteiger partial charge on any atom is -0.463 e. The van der Waals surface area contributed by atoms with E-state index in [1.807, 2.05) is 0 Å². The van der Waals surface area contributed by atoms with E-state index < -0.39 is 181 Å². The topological polar surface area (TPSA) is 296 Å². The maximum atomic E-state index is 13.0. The van der Waals surface area contributed by atoms with Crippen molar-refractivity contribution in [3.63, 3.8) is 0 Å². The summed E-state index contributed by atoms with van der Waals surface area (Å²) in [4.78, 5) is 73.9. The fourth-order valence-corrected chi connectivity index (χ4v) is 10.2. The highest BCUT2D eigenvalue weighted by Crippen LogP contribution is 2.39. The number of esters is 5. The number of rotatable bonds is 30. The van der Waals surface area contributed by atoms with Crippen LogP contribution in [-0.4, -0.2) is 256 Å². The molecule has 4 heterocycles. The Morgan fingerprint density at radius 2 is 0.654 bits per heavy atom. The van der Waals surface area contributed by atoms with Crippen molar-refractivity contribution in [1.82, 2.24) is 0 Å². The zero-order valence-corrected chi connectivity index (χ0v) is 48.7. The van der Waals surface area contributed by atoms with Gasteiger partial charge < -0.3 is 104 Å². The van der Waals surface area contributed by atoms with E-state index in [1.165, 1.54) is 91.5 Å². The smallest absolute Gasteiger partial charge is 0.306 e. The number of carbonyl (C=O) groups is 6. The average molecular weight is 1150 g/mol. The van der Waals surface area contributed by atoms with Crippen molar-refractivity contribution >= 4 is 43.7 Å². The van der Waals surface area contributed by atoms with Gasteiger partial charge in [-0.3, -0.25) is 24.0 Å². The summed E-state index contributed by atoms with van der Waals surface area (Å²) < 4.78 is 128. The molecular formula is C50H84O27Si. The second-order valence-corrected chi connectivity index (χ2v) is 25.7. The lowest BCUT2D eigenvalue weighted by Crippen LogP contribution is -2.68. The predicted molar refractivity (Wildman–Crippen MR) is 266 cm³/mol. The molecule has 4 saturated heterocycles. The maximum absolute atomic E-state index is 13.0. The third kappa shape index (κ3) is 18.8. The summed E-state index contributed by atoms with van der Waals surface area (Å²) in [7, 11) is 9.60. The van der Waals surface area contributed by atoms with Gasteiger partial charge in [0.25, 0.3) is 0 Å². The lowest BCUT2D eigenvalue weighted by molar-refractivity contribution is -0.394. The molecular weight excluding hydrogens is 1060 g/mol. The van der Waals surface area contributed by atoms with Crippen molar-refractivity contribution in [3.05, 3.63) is 0 Å². The molecule has 0 amide bonds. The van der Waals surface area contributed by atoms with Crippen molar-refractivity contribution < 1.29 is 128 Å². The monoisotopic (exact) mass is 1140 g/mol. The van der Waals surface area contributed by atoms with E-state index in [-0.39, 0.29) is 25.2 Å². The third-order valence-electron chi connectivity index (χ3n) is 13.3. The van der Waals surface area contributed by atoms with Crippen LogP contribution in [0.15, 0.2) is 0 Å². The quantitative estimate of drug-likeness (QED) is 0.0551. The SMILES string of the molecule is CO[C@@H]1[C@@H](OC)[C@@H](O[C@H]2[C@H](OC)[C@@H](OC)[C@@H](O[C@H]3[C@H](OC)[C@@H](OC)[C@@H](O[C@H]4[C@H](OC)[C@@H](OC)[C@@H](OCC[Si](C)(C)C)O[C@@H]4COC(C)=O)O[C@@H]3COC(C)=O)O[C@@H]2COC(C)=O)O[C@H](COC(C)=O)[C@H]1OC(=O)CCC(C)=O. The fraction of sp³-hybridized carbons (Fsp3) is 0.880. The van der Waals surface area contributed by atoms with Gasteiger partial charge in [0.05, 0.1) is 6.42 Å². The molecule has 0 saturated carbocycles. The van der Waals surface area contributed by atoms with E-state index in [9.17, 15) is 28.8 Å². The van der Waals surface area contributed by atoms with E-state index in [0.717, 1.165) is 6.04 Å². The Kier molecular flexibility index (Phi) is 27.8. The van der Waals surface area contributed by atoms with Crippen molar-refractivity contribution in [2.24, 2.45) is 0 Å². The van der Waals surface area contributed by atoms with Gasteiger partial charge >= 0.3 is 29.8 Å². The molecule has 28 heteroatoms. The lowest BCUT2D eigenvalue weighted by atomic mass is 9.95. The van der Waals surface area contributed by atoms with Crippen LogP contribution in [0.2, 0.25) is 25.7 Å². The first-order valence-corrected chi connectivity index (χ1v) is 29.3. The number of hydrogen-bond acceptors (Lipinski definition) is 27. The zero-order valence-electron chi connectivity index (χ0n) is 47.7. The van der Waals surface area contributed by atoms with Crippen LogP contribution < -0.4 is 0 Å². The molecule has 0 unspecified atom stereocenters. The lowest BCUT2D eigenvalue weighted by Gasteiger charge is -2.51. The molecule has 4 aliphatic rings. The summed E-state index contributed by atoms with van der Waals surface area (Å²) in [6.07, 6.45) is -23.6. The second-order valence-electron chi connectivity index (χ2n) is 20.1. The summed E-state index contributed by atoms with van der Waals surface area (Å²) in [6.45, 7) is 11.6. The predicted octanol–water partition coefficient (Wildman–Crippen LogP) is 1.05. The van der Waals surface area contributed by atoms with Crippen LogP contribution in [0.3, 0.4) is 0 Å². The first-order chi connectivity index (χ1) is 37.0. The molecule has 0 aromatic heterocycles. The van der Waals surface area contributed by atoms with Gasteiger partial charge in [0.1, 0.15) is 124 Å². The van der Waals surface area contributed by atoms with Gasteiger partial charge in [-0.1, -0.05) is 19.6 Å². The van der Waals surface area contributed by atoms with E-state index in [4.69, 9.17) is 99.5 Å². The molecule has 0 aromatic rings. The first kappa shape index (κ1) is 67.1. The molecule has 4 rings (SSSR count). The molecule has 0 aliphatic carbocycles. The zero-order chi connectivity index (χ0) is 58.0. The van der Waals surface area contributed by atoms with E-state index >= 15 is 0 Å². The molecule has 0 N–H and O–H groups in total. The Labute approximate surface area is 456 Å². The van der Waals surface area contributed by atoms with Crippen molar-refractivity contribution in [1.29, 1.82) is 0 Å². The molecule has 0 bridgehead atoms. The fourth-order valence-electron chi connectivity index (χ4n) is 9.45. The highest BCUT2D eigenvalue weighted by Gasteiger charge is 2.58. The molecule has 0 spiro atoms. The summed E-state index contributed by atoms with van der Waals surface area (Å²) in [5, 5.41) is 0. The van der Waals surface area contributed by atoms with Gasteiger partial charge in [-0.25, -0.2) is 0 Å². The van der Waals surface area contributed by atoms with Gasteiger partial charge in [0, 0.05) is 106 Å². The number of Topliss-reactive ketones (excluding diaryl/α,β-unsaturated/α-hetero) is 1. The summed E-state index contributed by atoms with van der Waals surface area (Å²) >= 11 is 0. The number of carbonyl (C=O) groups excluding carboxylic acids is 6. The van der Waals surface area contributed by atoms with Gasteiger partial charge in [0.2, 0.25) is 0 Å². The molecule has 450 valence electrons. The van der Waals surface area contributed by atoms with Gasteiger partial charge in [-0.15, -0.1) is 0 Å². The van der Waals surface area contributed by atoms with Crippen LogP contribution in [0, 0.1) is 0 Å². The number of ketones is 1. The van der Waals surface area contributed by atoms with Gasteiger partial charge in [0.15, 0.2) is 31.3 Å². The van der Waals surface area contributed by atoms with Crippen molar-refractivity contribution in [2.75, 3.05) is 89.9 Å². The van der Waals surface area contributed by atoms with E-state index in [1.54, 1.807) is 0 Å². The molecule has 20 atom stereocenters. The molecule has 27 nitrogen and oxygen atoms in total. The van der Waals surface area contributed by atoms with E-state index in [2.05, 4.69) is 19.6 Å². The number of ether oxygens (including phenoxy) is 21. The summed E-state index contributed by atoms with van der Waals surface area (Å²) in [6, 6.07) is 0.824. The molecule has 78 heavy (non-hydrogen) atoms. The standard InChI is InChI=1S/C50H84O27Si/c1-25(51)17-18-34(56)74-35-30(21-66-26(2)52)71-48(44(62-11)39(35)57-6)76-37-32(23-68-28(4)54)73-50(46(64-13)41(37)59-8)77-38-33(24-69-29(5)55)72-49(45(63-12)42(38)60-9)75-36-31(22-67-27(3)53)70-47(43(61-10)40(36)58-7)65-19-20-78(14,15)16/h30-33,35-50H,17-24H2,1-16H3/t30-,31-,32-,33-,35-,36-,37-,38-,39+,40+,41+,42+,43-,44-,45-,46-,47+,48-,49-,50-/m1/s1. The summed E-state index contributed by atoms with van der Waals surface area (Å²) in [5.41, 5.74) is 0. The van der Waals surface area contributed by atoms with Crippen LogP contribution in [0.4, 0.5) is 0 Å². The minimum atomic E-state index is -1.53. The Bertz CT molecular complexity index is 1890. The van der Waals surface area contributed by atoms with Crippen molar-refractivity contribution in [2.45, 2.75) is 196 Å². The molecule has 4 aliphatic heterocycles. The largest absolute Gasteiger partial charge is 0.463 e. The molecule has 0 radical (unpaired) electrons. The van der Waals surface area contributed by atoms with Crippen LogP contribution in [0.1, 0.15) is 47.5 Å². The Morgan fingerprint density at radius 3 is 0.936 bits per heavy atom. The van der Waals surface area contributed by atoms with Crippen molar-refractivity contribution in [3.8, 4) is 0 Å². The van der Waals surface area contributed by atoms with Crippen LogP contribution >= 0.6 is 0 Å². The van der Waals surface area contributed by atoms with Crippen LogP contribution in [-0.2, 0) is 128 Å². The Hall–Kier alpha value is -3.40. The van der Waals surface area contributed by atoms with E-state index in [0.29, 0.717) is 6.61 Å². The molecule has 0 aromatic carbocycles. The van der Waals surface area contributed by atoms with Crippen LogP contribution in [0.25, 0.3) is 0 Å². The number of methoxy groups -OCH3 is 8. The highest BCUT2D eigenvalue weighted by atomic mass is 28.3. The second kappa shape index (κ2) is 32.3. The third-order valence-corrected chi connectivity index (χ3v) is 15.0. The molecule has 4 fully saturated rings. The Morgan fingerprint density at radius 1 is 0.372 bits per heavy atom. The minimum absolute atomic E-state index is 0.0836. The normalized spacial score (nSPS) is 35.3. The Balaban J connectivity index is 1.71. The van der Waals surface area contributed by atoms with Gasteiger partial charge in [-0.05, 0) is 13.0 Å². The average Bonchev–Trinajstić information content (AvgIpc) is 3.47. The summed E-state index contributed by atoms with van der Waals surface area (Å²) in [5.74, 6) is -3.56.